The van der Waals surface area contributed by atoms with Crippen molar-refractivity contribution in [1.82, 2.24) is 9.80 Å². The van der Waals surface area contributed by atoms with E-state index in [1.807, 2.05) is 0 Å². The van der Waals surface area contributed by atoms with E-state index in [-0.39, 0.29) is 0 Å². The second kappa shape index (κ2) is 5.00. The van der Waals surface area contributed by atoms with Gasteiger partial charge >= 0.3 is 6.09 Å². The van der Waals surface area contributed by atoms with Gasteiger partial charge in [-0.05, 0) is 0 Å². The highest BCUT2D eigenvalue weighted by atomic mass is 16.7. The van der Waals surface area contributed by atoms with E-state index in [2.05, 4.69) is 9.74 Å². The molecule has 0 saturated carbocycles. The van der Waals surface area contributed by atoms with Crippen molar-refractivity contribution in [3.05, 3.63) is 0 Å². The molecule has 0 atom stereocenters. The van der Waals surface area contributed by atoms with Crippen molar-refractivity contribution in [3.8, 4) is 0 Å². The van der Waals surface area contributed by atoms with Gasteiger partial charge in [0.25, 0.3) is 0 Å². The van der Waals surface area contributed by atoms with Gasteiger partial charge in [-0.25, -0.2) is 4.79 Å². The van der Waals surface area contributed by atoms with E-state index in [4.69, 9.17) is 11.6 Å². The number of hydrogen-bond acceptors (Lipinski definition) is 5. The number of hydrogen-bond donors (Lipinski definition) is 2. The van der Waals surface area contributed by atoms with Crippen molar-refractivity contribution in [2.24, 2.45) is 11.6 Å². The summed E-state index contributed by atoms with van der Waals surface area (Å²) in [5, 5.41) is 0. The molecule has 76 valence electrons. The van der Waals surface area contributed by atoms with Crippen LogP contribution in [-0.2, 0) is 4.84 Å². The SMILES string of the molecule is NCCN1CCN(C(=O)ON)CC1. The maximum atomic E-state index is 11.0. The van der Waals surface area contributed by atoms with E-state index >= 15 is 0 Å². The lowest BCUT2D eigenvalue weighted by Crippen LogP contribution is -2.50. The predicted molar refractivity (Wildman–Crippen MR) is 47.7 cm³/mol. The Hall–Kier alpha value is -0.850. The highest BCUT2D eigenvalue weighted by Gasteiger charge is 2.20. The molecular formula is C7H16N4O2. The second-order valence-corrected chi connectivity index (χ2v) is 3.00. The minimum absolute atomic E-state index is 0.451. The summed E-state index contributed by atoms with van der Waals surface area (Å²) < 4.78 is 0. The maximum absolute atomic E-state index is 11.0. The van der Waals surface area contributed by atoms with Crippen LogP contribution >= 0.6 is 0 Å². The fourth-order valence-corrected chi connectivity index (χ4v) is 1.41. The Labute approximate surface area is 77.4 Å². The van der Waals surface area contributed by atoms with Gasteiger partial charge in [0.05, 0.1) is 0 Å². The molecule has 1 amide bonds. The Balaban J connectivity index is 2.26. The van der Waals surface area contributed by atoms with Gasteiger partial charge in [-0.1, -0.05) is 0 Å². The summed E-state index contributed by atoms with van der Waals surface area (Å²) in [6, 6.07) is 0. The van der Waals surface area contributed by atoms with Gasteiger partial charge in [0, 0.05) is 39.3 Å². The lowest BCUT2D eigenvalue weighted by molar-refractivity contribution is 0.0772. The summed E-state index contributed by atoms with van der Waals surface area (Å²) in [6.45, 7) is 4.54. The number of carbonyl (C=O) groups is 1. The van der Waals surface area contributed by atoms with E-state index < -0.39 is 6.09 Å². The van der Waals surface area contributed by atoms with Gasteiger partial charge in [0.15, 0.2) is 0 Å². The van der Waals surface area contributed by atoms with Crippen molar-refractivity contribution in [3.63, 3.8) is 0 Å². The molecule has 1 saturated heterocycles. The van der Waals surface area contributed by atoms with Crippen molar-refractivity contribution in [2.45, 2.75) is 0 Å². The normalized spacial score (nSPS) is 18.8. The molecule has 0 aromatic rings. The second-order valence-electron chi connectivity index (χ2n) is 3.00. The van der Waals surface area contributed by atoms with Crippen molar-refractivity contribution in [2.75, 3.05) is 39.3 Å². The molecule has 0 radical (unpaired) electrons. The average molecular weight is 188 g/mol. The molecule has 0 unspecified atom stereocenters. The van der Waals surface area contributed by atoms with Crippen LogP contribution in [0.25, 0.3) is 0 Å². The number of nitrogens with zero attached hydrogens (tertiary/aromatic N) is 2. The molecule has 1 aliphatic heterocycles. The molecule has 1 aliphatic rings. The lowest BCUT2D eigenvalue weighted by atomic mass is 10.3. The molecule has 13 heavy (non-hydrogen) atoms. The van der Waals surface area contributed by atoms with E-state index in [1.165, 1.54) is 0 Å². The minimum Gasteiger partial charge on any atom is -0.357 e. The summed E-state index contributed by atoms with van der Waals surface area (Å²) in [5.41, 5.74) is 5.41. The zero-order valence-electron chi connectivity index (χ0n) is 7.61. The third-order valence-electron chi connectivity index (χ3n) is 2.18. The van der Waals surface area contributed by atoms with Crippen LogP contribution in [0.15, 0.2) is 0 Å². The van der Waals surface area contributed by atoms with Crippen LogP contribution in [0.4, 0.5) is 4.79 Å². The van der Waals surface area contributed by atoms with E-state index in [0.717, 1.165) is 19.6 Å². The standard InChI is InChI=1S/C7H16N4O2/c8-1-2-10-3-5-11(6-4-10)7(12)13-9/h1-6,8-9H2. The third-order valence-corrected chi connectivity index (χ3v) is 2.18. The van der Waals surface area contributed by atoms with Crippen molar-refractivity contribution in [1.29, 1.82) is 0 Å². The Morgan fingerprint density at radius 2 is 1.92 bits per heavy atom. The Kier molecular flexibility index (Phi) is 3.94. The van der Waals surface area contributed by atoms with Crippen LogP contribution in [0.1, 0.15) is 0 Å². The summed E-state index contributed by atoms with van der Waals surface area (Å²) in [7, 11) is 0. The number of amides is 1. The lowest BCUT2D eigenvalue weighted by Gasteiger charge is -2.33. The highest BCUT2D eigenvalue weighted by molar-refractivity contribution is 5.67. The number of piperazine rings is 1. The molecular weight excluding hydrogens is 172 g/mol. The first kappa shape index (κ1) is 10.2. The first-order valence-corrected chi connectivity index (χ1v) is 4.36. The molecule has 6 nitrogen and oxygen atoms in total. The summed E-state index contributed by atoms with van der Waals surface area (Å²) in [6.07, 6.45) is -0.451. The van der Waals surface area contributed by atoms with Crippen LogP contribution in [0.3, 0.4) is 0 Å². The monoisotopic (exact) mass is 188 g/mol. The average Bonchev–Trinajstić information content (AvgIpc) is 2.18. The Morgan fingerprint density at radius 1 is 1.31 bits per heavy atom. The zero-order valence-corrected chi connectivity index (χ0v) is 7.61. The van der Waals surface area contributed by atoms with E-state index in [9.17, 15) is 4.79 Å². The third kappa shape index (κ3) is 2.83. The first-order chi connectivity index (χ1) is 6.27. The molecule has 1 rings (SSSR count). The molecule has 0 aromatic heterocycles. The van der Waals surface area contributed by atoms with Gasteiger partial charge in [0.1, 0.15) is 0 Å². The minimum atomic E-state index is -0.451. The molecule has 0 aromatic carbocycles. The van der Waals surface area contributed by atoms with Crippen molar-refractivity contribution >= 4 is 6.09 Å². The molecule has 1 heterocycles. The highest BCUT2D eigenvalue weighted by Crippen LogP contribution is 2.01. The molecule has 4 N–H and O–H groups in total. The predicted octanol–water partition coefficient (Wildman–Crippen LogP) is -1.43. The van der Waals surface area contributed by atoms with E-state index in [1.54, 1.807) is 4.90 Å². The van der Waals surface area contributed by atoms with Gasteiger partial charge in [-0.2, -0.15) is 5.90 Å². The van der Waals surface area contributed by atoms with Crippen LogP contribution in [0.2, 0.25) is 0 Å². The fourth-order valence-electron chi connectivity index (χ4n) is 1.41. The number of rotatable bonds is 2. The molecule has 0 aliphatic carbocycles. The zero-order chi connectivity index (χ0) is 9.68. The largest absolute Gasteiger partial charge is 0.428 e. The van der Waals surface area contributed by atoms with Crippen LogP contribution < -0.4 is 11.6 Å². The van der Waals surface area contributed by atoms with Crippen LogP contribution in [0, 0.1) is 0 Å². The Morgan fingerprint density at radius 3 is 2.38 bits per heavy atom. The van der Waals surface area contributed by atoms with Gasteiger partial charge in [-0.3, -0.25) is 4.90 Å². The summed E-state index contributed by atoms with van der Waals surface area (Å²) in [4.78, 5) is 18.9. The molecule has 0 bridgehead atoms. The molecule has 0 spiro atoms. The topological polar surface area (TPSA) is 84.8 Å². The summed E-state index contributed by atoms with van der Waals surface area (Å²) in [5.74, 6) is 4.77. The van der Waals surface area contributed by atoms with Crippen LogP contribution in [-0.4, -0.2) is 55.2 Å². The van der Waals surface area contributed by atoms with Crippen molar-refractivity contribution < 1.29 is 9.63 Å². The first-order valence-electron chi connectivity index (χ1n) is 4.36. The van der Waals surface area contributed by atoms with Gasteiger partial charge in [0.2, 0.25) is 0 Å². The van der Waals surface area contributed by atoms with Gasteiger partial charge < -0.3 is 15.5 Å². The number of nitrogens with two attached hydrogens (primary N) is 2. The van der Waals surface area contributed by atoms with Gasteiger partial charge in [-0.15, -0.1) is 0 Å². The smallest absolute Gasteiger partial charge is 0.357 e. The Bertz CT molecular complexity index is 168. The fraction of sp³-hybridized carbons (Fsp3) is 0.857. The molecule has 1 fully saturated rings. The maximum Gasteiger partial charge on any atom is 0.428 e. The quantitative estimate of drug-likeness (QED) is 0.519. The molecule has 6 heteroatoms. The van der Waals surface area contributed by atoms with E-state index in [0.29, 0.717) is 19.6 Å². The van der Waals surface area contributed by atoms with Crippen LogP contribution in [0.5, 0.6) is 0 Å². The number of carbonyl (C=O) groups excluding carboxylic acids is 1. The summed E-state index contributed by atoms with van der Waals surface area (Å²) >= 11 is 0.